The summed E-state index contributed by atoms with van der Waals surface area (Å²) in [5.74, 6) is 1.28. The number of anilines is 1. The number of nitrogens with zero attached hydrogens (tertiary/aromatic N) is 4. The third kappa shape index (κ3) is 3.44. The third-order valence-corrected chi connectivity index (χ3v) is 4.06. The molecule has 0 aliphatic rings. The summed E-state index contributed by atoms with van der Waals surface area (Å²) in [5, 5.41) is 0. The molecule has 0 saturated carbocycles. The molecule has 26 heavy (non-hydrogen) atoms. The maximum absolute atomic E-state index is 13.6. The van der Waals surface area contributed by atoms with E-state index in [4.69, 9.17) is 15.2 Å². The molecule has 2 N–H and O–H groups in total. The number of nitrogens with two attached hydrogens (primary N) is 1. The third-order valence-electron chi connectivity index (χ3n) is 4.06. The topological polar surface area (TPSA) is 88.1 Å². The molecule has 0 radical (unpaired) electrons. The molecule has 2 aromatic heterocycles. The van der Waals surface area contributed by atoms with E-state index in [-0.39, 0.29) is 17.5 Å². The number of halogens is 1. The molecule has 0 spiro atoms. The van der Waals surface area contributed by atoms with E-state index in [2.05, 4.69) is 15.0 Å². The number of hydrogen-bond donors (Lipinski definition) is 1. The summed E-state index contributed by atoms with van der Waals surface area (Å²) >= 11 is 0. The summed E-state index contributed by atoms with van der Waals surface area (Å²) in [4.78, 5) is 13.0. The zero-order valence-corrected chi connectivity index (χ0v) is 15.0. The lowest BCUT2D eigenvalue weighted by atomic mass is 10.1. The molecule has 2 heterocycles. The van der Waals surface area contributed by atoms with Crippen LogP contribution in [-0.2, 0) is 7.05 Å². The maximum Gasteiger partial charge on any atom is 0.258 e. The average molecular weight is 357 g/mol. The van der Waals surface area contributed by atoms with Crippen molar-refractivity contribution in [2.75, 3.05) is 12.8 Å². The van der Waals surface area contributed by atoms with Crippen molar-refractivity contribution in [3.8, 4) is 23.0 Å². The molecule has 0 saturated heterocycles. The van der Waals surface area contributed by atoms with Crippen molar-refractivity contribution in [2.24, 2.45) is 7.05 Å². The number of ether oxygens (including phenoxy) is 2. The van der Waals surface area contributed by atoms with Crippen LogP contribution in [0.5, 0.6) is 11.6 Å². The fourth-order valence-electron chi connectivity index (χ4n) is 2.53. The van der Waals surface area contributed by atoms with Crippen LogP contribution in [0.1, 0.15) is 24.4 Å². The second kappa shape index (κ2) is 6.99. The summed E-state index contributed by atoms with van der Waals surface area (Å²) in [6.45, 7) is 3.65. The van der Waals surface area contributed by atoms with Crippen LogP contribution in [0.4, 0.5) is 10.2 Å². The van der Waals surface area contributed by atoms with E-state index in [0.29, 0.717) is 22.7 Å². The van der Waals surface area contributed by atoms with Crippen molar-refractivity contribution >= 4 is 5.82 Å². The Balaban J connectivity index is 1.92. The highest BCUT2D eigenvalue weighted by Gasteiger charge is 2.18. The number of aryl methyl sites for hydroxylation is 2. The lowest BCUT2D eigenvalue weighted by Gasteiger charge is -2.18. The first-order valence-corrected chi connectivity index (χ1v) is 8.02. The highest BCUT2D eigenvalue weighted by Crippen LogP contribution is 2.31. The minimum Gasteiger partial charge on any atom is -0.496 e. The number of imidazole rings is 1. The number of rotatable bonds is 5. The first kappa shape index (κ1) is 17.7. The van der Waals surface area contributed by atoms with Gasteiger partial charge in [-0.05, 0) is 32.0 Å². The number of hydrogen-bond acceptors (Lipinski definition) is 6. The van der Waals surface area contributed by atoms with Crippen molar-refractivity contribution in [2.45, 2.75) is 20.0 Å². The molecule has 3 aromatic rings. The predicted molar refractivity (Wildman–Crippen MR) is 95.4 cm³/mol. The Morgan fingerprint density at radius 1 is 1.23 bits per heavy atom. The van der Waals surface area contributed by atoms with Gasteiger partial charge >= 0.3 is 0 Å². The maximum atomic E-state index is 13.6. The van der Waals surface area contributed by atoms with Gasteiger partial charge in [0.15, 0.2) is 5.82 Å². The van der Waals surface area contributed by atoms with Crippen molar-refractivity contribution in [1.82, 2.24) is 19.5 Å². The van der Waals surface area contributed by atoms with Crippen LogP contribution in [-0.4, -0.2) is 26.6 Å². The van der Waals surface area contributed by atoms with Crippen molar-refractivity contribution in [3.63, 3.8) is 0 Å². The number of nitrogen functional groups attached to an aromatic ring is 1. The second-order valence-corrected chi connectivity index (χ2v) is 5.88. The Kier molecular flexibility index (Phi) is 4.75. The van der Waals surface area contributed by atoms with Crippen LogP contribution in [0, 0.1) is 12.7 Å². The lowest BCUT2D eigenvalue weighted by Crippen LogP contribution is -2.09. The van der Waals surface area contributed by atoms with Gasteiger partial charge in [0, 0.05) is 18.8 Å². The summed E-state index contributed by atoms with van der Waals surface area (Å²) in [7, 11) is 3.41. The Hall–Kier alpha value is -3.16. The van der Waals surface area contributed by atoms with E-state index >= 15 is 0 Å². The van der Waals surface area contributed by atoms with Gasteiger partial charge in [-0.3, -0.25) is 0 Å². The molecule has 1 atom stereocenters. The molecule has 7 nitrogen and oxygen atoms in total. The molecule has 0 amide bonds. The summed E-state index contributed by atoms with van der Waals surface area (Å²) in [6.07, 6.45) is 2.84. The van der Waals surface area contributed by atoms with Gasteiger partial charge in [-0.1, -0.05) is 0 Å². The fraction of sp³-hybridized carbons (Fsp3) is 0.278. The van der Waals surface area contributed by atoms with E-state index in [0.717, 1.165) is 5.82 Å². The van der Waals surface area contributed by atoms with Crippen molar-refractivity contribution < 1.29 is 13.9 Å². The Morgan fingerprint density at radius 2 is 2.00 bits per heavy atom. The van der Waals surface area contributed by atoms with E-state index in [1.54, 1.807) is 13.0 Å². The van der Waals surface area contributed by atoms with Gasteiger partial charge in [0.25, 0.3) is 5.88 Å². The summed E-state index contributed by atoms with van der Waals surface area (Å²) in [6, 6.07) is 4.24. The van der Waals surface area contributed by atoms with E-state index < -0.39 is 6.10 Å². The lowest BCUT2D eigenvalue weighted by molar-refractivity contribution is 0.212. The highest BCUT2D eigenvalue weighted by atomic mass is 19.1. The fourth-order valence-corrected chi connectivity index (χ4v) is 2.53. The number of methoxy groups -OCH3 is 1. The number of benzene rings is 1. The summed E-state index contributed by atoms with van der Waals surface area (Å²) < 4.78 is 26.6. The molecular weight excluding hydrogens is 337 g/mol. The Morgan fingerprint density at radius 3 is 2.65 bits per heavy atom. The zero-order valence-electron chi connectivity index (χ0n) is 15.0. The van der Waals surface area contributed by atoms with E-state index in [9.17, 15) is 4.39 Å². The Bertz CT molecular complexity index is 922. The van der Waals surface area contributed by atoms with Crippen LogP contribution < -0.4 is 15.2 Å². The monoisotopic (exact) mass is 357 g/mol. The van der Waals surface area contributed by atoms with E-state index in [1.807, 2.05) is 24.7 Å². The SMILES string of the molecule is COc1ccc(F)cc1C(C)Oc1nc(-c2cn(C)c(C)n2)cnc1N. The van der Waals surface area contributed by atoms with Crippen LogP contribution in [0.15, 0.2) is 30.6 Å². The van der Waals surface area contributed by atoms with E-state index in [1.165, 1.54) is 25.4 Å². The van der Waals surface area contributed by atoms with Gasteiger partial charge in [-0.25, -0.2) is 19.3 Å². The van der Waals surface area contributed by atoms with Crippen LogP contribution in [0.3, 0.4) is 0 Å². The van der Waals surface area contributed by atoms with Crippen LogP contribution >= 0.6 is 0 Å². The molecule has 0 aliphatic heterocycles. The van der Waals surface area contributed by atoms with Crippen molar-refractivity contribution in [1.29, 1.82) is 0 Å². The molecular formula is C18H20FN5O2. The molecule has 8 heteroatoms. The molecule has 1 aromatic carbocycles. The van der Waals surface area contributed by atoms with Gasteiger partial charge in [-0.2, -0.15) is 0 Å². The minimum atomic E-state index is -0.544. The van der Waals surface area contributed by atoms with Crippen LogP contribution in [0.2, 0.25) is 0 Å². The highest BCUT2D eigenvalue weighted by molar-refractivity contribution is 5.56. The van der Waals surface area contributed by atoms with Gasteiger partial charge < -0.3 is 19.8 Å². The van der Waals surface area contributed by atoms with Gasteiger partial charge in [-0.15, -0.1) is 0 Å². The van der Waals surface area contributed by atoms with Gasteiger partial charge in [0.2, 0.25) is 0 Å². The van der Waals surface area contributed by atoms with Gasteiger partial charge in [0.1, 0.15) is 34.9 Å². The number of aromatic nitrogens is 4. The first-order chi connectivity index (χ1) is 12.4. The molecule has 0 fully saturated rings. The molecule has 0 aliphatic carbocycles. The Labute approximate surface area is 150 Å². The zero-order chi connectivity index (χ0) is 18.8. The largest absolute Gasteiger partial charge is 0.496 e. The second-order valence-electron chi connectivity index (χ2n) is 5.88. The van der Waals surface area contributed by atoms with Gasteiger partial charge in [0.05, 0.1) is 13.3 Å². The quantitative estimate of drug-likeness (QED) is 0.755. The predicted octanol–water partition coefficient (Wildman–Crippen LogP) is 3.06. The molecule has 1 unspecified atom stereocenters. The standard InChI is InChI=1S/C18H20FN5O2/c1-10(13-7-12(19)5-6-16(13)25-4)26-18-17(20)21-8-14(23-18)15-9-24(3)11(2)22-15/h5-10H,1-4H3,(H2,20,21). The molecule has 3 rings (SSSR count). The molecule has 0 bridgehead atoms. The van der Waals surface area contributed by atoms with Crippen molar-refractivity contribution in [3.05, 3.63) is 47.8 Å². The normalized spacial score (nSPS) is 12.0. The first-order valence-electron chi connectivity index (χ1n) is 8.02. The minimum absolute atomic E-state index is 0.142. The smallest absolute Gasteiger partial charge is 0.258 e. The summed E-state index contributed by atoms with van der Waals surface area (Å²) in [5.41, 5.74) is 7.65. The van der Waals surface area contributed by atoms with Crippen LogP contribution in [0.25, 0.3) is 11.4 Å². The molecule has 136 valence electrons. The average Bonchev–Trinajstić information content (AvgIpc) is 2.95.